The summed E-state index contributed by atoms with van der Waals surface area (Å²) in [6, 6.07) is 6.25. The molecule has 1 saturated carbocycles. The van der Waals surface area contributed by atoms with Crippen molar-refractivity contribution in [2.75, 3.05) is 18.9 Å². The topological polar surface area (TPSA) is 92.8 Å². The van der Waals surface area contributed by atoms with Crippen LogP contribution in [0.1, 0.15) is 46.5 Å². The molecule has 0 aliphatic heterocycles. The highest BCUT2D eigenvalue weighted by Crippen LogP contribution is 2.30. The molecule has 7 nitrogen and oxygen atoms in total. The predicted molar refractivity (Wildman–Crippen MR) is 103 cm³/mol. The van der Waals surface area contributed by atoms with Crippen molar-refractivity contribution in [1.82, 2.24) is 4.90 Å². The quantitative estimate of drug-likeness (QED) is 0.825. The number of ether oxygens (including phenoxy) is 1. The van der Waals surface area contributed by atoms with Crippen LogP contribution in [0.2, 0.25) is 0 Å². The number of hydrogen-bond donors (Lipinski definition) is 1. The van der Waals surface area contributed by atoms with Gasteiger partial charge in [0.15, 0.2) is 9.84 Å². The molecule has 1 aromatic carbocycles. The molecule has 27 heavy (non-hydrogen) atoms. The molecule has 2 rings (SSSR count). The average Bonchev–Trinajstić information content (AvgIpc) is 3.08. The van der Waals surface area contributed by atoms with Gasteiger partial charge in [0, 0.05) is 12.7 Å². The molecule has 0 radical (unpaired) electrons. The Kier molecular flexibility index (Phi) is 6.51. The number of carbonyl (C=O) groups excluding carboxylic acids is 2. The van der Waals surface area contributed by atoms with Crippen LogP contribution in [0, 0.1) is 0 Å². The standard InChI is InChI=1S/C19H28N2O5S/c1-19(2,3)26-18(23)21(4)13-17(22)20-14-8-7-11-16(12-14)27(24,25)15-9-5-6-10-15/h7-8,11-12,15H,5-6,9-10,13H2,1-4H3,(H,20,22). The molecule has 0 spiro atoms. The molecule has 8 heteroatoms. The molecule has 1 fully saturated rings. The monoisotopic (exact) mass is 396 g/mol. The molecule has 0 unspecified atom stereocenters. The van der Waals surface area contributed by atoms with Crippen LogP contribution in [0.15, 0.2) is 29.2 Å². The van der Waals surface area contributed by atoms with Crippen LogP contribution in [0.25, 0.3) is 0 Å². The molecular formula is C19H28N2O5S. The van der Waals surface area contributed by atoms with Gasteiger partial charge in [0.1, 0.15) is 12.1 Å². The number of rotatable bonds is 5. The normalized spacial score (nSPS) is 15.4. The lowest BCUT2D eigenvalue weighted by atomic mass is 10.2. The minimum atomic E-state index is -3.39. The van der Waals surface area contributed by atoms with Crippen LogP contribution in [0.5, 0.6) is 0 Å². The van der Waals surface area contributed by atoms with Crippen LogP contribution in [0.3, 0.4) is 0 Å². The fraction of sp³-hybridized carbons (Fsp3) is 0.579. The van der Waals surface area contributed by atoms with Crippen molar-refractivity contribution < 1.29 is 22.7 Å². The zero-order valence-corrected chi connectivity index (χ0v) is 17.1. The number of likely N-dealkylation sites (N-methyl/N-ethyl adjacent to an activating group) is 1. The second-order valence-corrected chi connectivity index (χ2v) is 10.1. The number of hydrogen-bond acceptors (Lipinski definition) is 5. The van der Waals surface area contributed by atoms with E-state index in [1.807, 2.05) is 0 Å². The minimum Gasteiger partial charge on any atom is -0.444 e. The molecule has 1 aliphatic carbocycles. The summed E-state index contributed by atoms with van der Waals surface area (Å²) in [5, 5.41) is 2.30. The fourth-order valence-electron chi connectivity index (χ4n) is 2.96. The van der Waals surface area contributed by atoms with E-state index in [4.69, 9.17) is 4.74 Å². The molecule has 2 amide bonds. The first kappa shape index (κ1) is 21.2. The highest BCUT2D eigenvalue weighted by atomic mass is 32.2. The van der Waals surface area contributed by atoms with Gasteiger partial charge < -0.3 is 15.0 Å². The molecule has 150 valence electrons. The van der Waals surface area contributed by atoms with E-state index in [9.17, 15) is 18.0 Å². The first-order chi connectivity index (χ1) is 12.5. The van der Waals surface area contributed by atoms with E-state index in [-0.39, 0.29) is 16.7 Å². The Bertz CT molecular complexity index is 793. The zero-order chi connectivity index (χ0) is 20.2. The number of amides is 2. The lowest BCUT2D eigenvalue weighted by Crippen LogP contribution is -2.38. The third-order valence-corrected chi connectivity index (χ3v) is 6.53. The van der Waals surface area contributed by atoms with Gasteiger partial charge in [-0.2, -0.15) is 0 Å². The van der Waals surface area contributed by atoms with E-state index < -0.39 is 27.4 Å². The lowest BCUT2D eigenvalue weighted by molar-refractivity contribution is -0.117. The summed E-state index contributed by atoms with van der Waals surface area (Å²) < 4.78 is 30.6. The van der Waals surface area contributed by atoms with Gasteiger partial charge in [0.2, 0.25) is 5.91 Å². The molecular weight excluding hydrogens is 368 g/mol. The predicted octanol–water partition coefficient (Wildman–Crippen LogP) is 3.21. The number of benzene rings is 1. The number of nitrogens with zero attached hydrogens (tertiary/aromatic N) is 1. The van der Waals surface area contributed by atoms with Gasteiger partial charge in [-0.25, -0.2) is 13.2 Å². The summed E-state index contributed by atoms with van der Waals surface area (Å²) in [5.74, 6) is -0.432. The van der Waals surface area contributed by atoms with Crippen molar-refractivity contribution in [2.24, 2.45) is 0 Å². The third-order valence-electron chi connectivity index (χ3n) is 4.27. The average molecular weight is 397 g/mol. The maximum absolute atomic E-state index is 12.7. The summed E-state index contributed by atoms with van der Waals surface area (Å²) in [4.78, 5) is 25.5. The van der Waals surface area contributed by atoms with E-state index in [0.29, 0.717) is 18.5 Å². The van der Waals surface area contributed by atoms with Crippen LogP contribution >= 0.6 is 0 Å². The summed E-state index contributed by atoms with van der Waals surface area (Å²) in [7, 11) is -1.92. The molecule has 0 saturated heterocycles. The van der Waals surface area contributed by atoms with Gasteiger partial charge in [0.05, 0.1) is 10.1 Å². The number of anilines is 1. The summed E-state index contributed by atoms with van der Waals surface area (Å²) in [5.41, 5.74) is -0.262. The van der Waals surface area contributed by atoms with Gasteiger partial charge in [-0.15, -0.1) is 0 Å². The molecule has 0 bridgehead atoms. The van der Waals surface area contributed by atoms with Crippen molar-refractivity contribution in [3.63, 3.8) is 0 Å². The summed E-state index contributed by atoms with van der Waals surface area (Å²) >= 11 is 0. The smallest absolute Gasteiger partial charge is 0.410 e. The van der Waals surface area contributed by atoms with Crippen molar-refractivity contribution in [3.05, 3.63) is 24.3 Å². The van der Waals surface area contributed by atoms with Crippen LogP contribution in [0.4, 0.5) is 10.5 Å². The van der Waals surface area contributed by atoms with Crippen molar-refractivity contribution >= 4 is 27.5 Å². The first-order valence-corrected chi connectivity index (χ1v) is 10.6. The van der Waals surface area contributed by atoms with Gasteiger partial charge in [-0.3, -0.25) is 4.79 Å². The Morgan fingerprint density at radius 1 is 1.22 bits per heavy atom. The summed E-state index contributed by atoms with van der Waals surface area (Å²) in [6.45, 7) is 5.04. The van der Waals surface area contributed by atoms with Crippen LogP contribution < -0.4 is 5.32 Å². The Hall–Kier alpha value is -2.09. The first-order valence-electron chi connectivity index (χ1n) is 9.07. The van der Waals surface area contributed by atoms with Crippen molar-refractivity contribution in [2.45, 2.75) is 62.2 Å². The van der Waals surface area contributed by atoms with Gasteiger partial charge in [0.25, 0.3) is 0 Å². The fourth-order valence-corrected chi connectivity index (χ4v) is 4.86. The Balaban J connectivity index is 2.01. The van der Waals surface area contributed by atoms with E-state index >= 15 is 0 Å². The Morgan fingerprint density at radius 3 is 2.44 bits per heavy atom. The number of nitrogens with one attached hydrogen (secondary N) is 1. The number of sulfone groups is 1. The highest BCUT2D eigenvalue weighted by Gasteiger charge is 2.30. The van der Waals surface area contributed by atoms with Crippen LogP contribution in [-0.2, 0) is 19.4 Å². The van der Waals surface area contributed by atoms with E-state index in [1.54, 1.807) is 39.0 Å². The molecule has 1 aromatic rings. The maximum atomic E-state index is 12.7. The van der Waals surface area contributed by atoms with E-state index in [0.717, 1.165) is 12.8 Å². The second kappa shape index (κ2) is 8.29. The summed E-state index contributed by atoms with van der Waals surface area (Å²) in [6.07, 6.45) is 2.61. The largest absolute Gasteiger partial charge is 0.444 e. The third kappa shape index (κ3) is 5.95. The maximum Gasteiger partial charge on any atom is 0.410 e. The van der Waals surface area contributed by atoms with E-state index in [1.165, 1.54) is 18.0 Å². The minimum absolute atomic E-state index is 0.200. The molecule has 1 N–H and O–H groups in total. The molecule has 1 aliphatic rings. The van der Waals surface area contributed by atoms with Gasteiger partial charge >= 0.3 is 6.09 Å². The molecule has 0 atom stereocenters. The van der Waals surface area contributed by atoms with E-state index in [2.05, 4.69) is 5.32 Å². The van der Waals surface area contributed by atoms with Crippen LogP contribution in [-0.4, -0.2) is 49.8 Å². The lowest BCUT2D eigenvalue weighted by Gasteiger charge is -2.24. The second-order valence-electron chi connectivity index (χ2n) is 7.86. The van der Waals surface area contributed by atoms with Crippen molar-refractivity contribution in [3.8, 4) is 0 Å². The Labute approximate surface area is 161 Å². The molecule has 0 aromatic heterocycles. The van der Waals surface area contributed by atoms with Gasteiger partial charge in [-0.05, 0) is 51.8 Å². The Morgan fingerprint density at radius 2 is 1.85 bits per heavy atom. The highest BCUT2D eigenvalue weighted by molar-refractivity contribution is 7.92. The number of carbonyl (C=O) groups is 2. The zero-order valence-electron chi connectivity index (χ0n) is 16.3. The molecule has 0 heterocycles. The SMILES string of the molecule is CN(CC(=O)Nc1cccc(S(=O)(=O)C2CCCC2)c1)C(=O)OC(C)(C)C. The van der Waals surface area contributed by atoms with Gasteiger partial charge in [-0.1, -0.05) is 18.9 Å². The van der Waals surface area contributed by atoms with Crippen molar-refractivity contribution in [1.29, 1.82) is 0 Å².